The van der Waals surface area contributed by atoms with Crippen LogP contribution >= 0.6 is 11.8 Å². The summed E-state index contributed by atoms with van der Waals surface area (Å²) in [5, 5.41) is 4.71. The van der Waals surface area contributed by atoms with Crippen molar-refractivity contribution in [1.29, 1.82) is 0 Å². The highest BCUT2D eigenvalue weighted by molar-refractivity contribution is 8.00. The fraction of sp³-hybridized carbons (Fsp3) is 0.933. The molecule has 1 aliphatic carbocycles. The summed E-state index contributed by atoms with van der Waals surface area (Å²) in [6, 6.07) is 0.293. The lowest BCUT2D eigenvalue weighted by Gasteiger charge is -2.30. The predicted octanol–water partition coefficient (Wildman–Crippen LogP) is 2.36. The standard InChI is InChI=1S/C15H27NO3S/c1-11(2)16-15(14(17)18-3)7-4-13(10-15)20-12-5-8-19-9-6-12/h11-13,16H,4-10H2,1-3H3. The first-order chi connectivity index (χ1) is 9.55. The Bertz CT molecular complexity index is 331. The van der Waals surface area contributed by atoms with Gasteiger partial charge >= 0.3 is 5.97 Å². The van der Waals surface area contributed by atoms with Crippen molar-refractivity contribution in [3.8, 4) is 0 Å². The Kier molecular flexibility index (Phi) is 5.75. The summed E-state index contributed by atoms with van der Waals surface area (Å²) in [5.74, 6) is -0.0960. The first kappa shape index (κ1) is 16.1. The van der Waals surface area contributed by atoms with Crippen LogP contribution < -0.4 is 5.32 Å². The van der Waals surface area contributed by atoms with E-state index in [4.69, 9.17) is 9.47 Å². The van der Waals surface area contributed by atoms with Crippen LogP contribution in [0.25, 0.3) is 0 Å². The highest BCUT2D eigenvalue weighted by Crippen LogP contribution is 2.41. The molecule has 5 heteroatoms. The molecule has 1 saturated carbocycles. The van der Waals surface area contributed by atoms with Crippen molar-refractivity contribution < 1.29 is 14.3 Å². The van der Waals surface area contributed by atoms with Gasteiger partial charge in [-0.05, 0) is 46.0 Å². The van der Waals surface area contributed by atoms with Crippen LogP contribution in [0, 0.1) is 0 Å². The monoisotopic (exact) mass is 301 g/mol. The Morgan fingerprint density at radius 2 is 2.00 bits per heavy atom. The second-order valence-corrected chi connectivity index (χ2v) is 7.79. The van der Waals surface area contributed by atoms with Crippen molar-refractivity contribution in [2.45, 2.75) is 68.0 Å². The molecule has 0 aromatic carbocycles. The quantitative estimate of drug-likeness (QED) is 0.790. The van der Waals surface area contributed by atoms with Gasteiger partial charge in [-0.1, -0.05) is 0 Å². The minimum atomic E-state index is -0.467. The second-order valence-electron chi connectivity index (χ2n) is 6.19. The predicted molar refractivity (Wildman–Crippen MR) is 82.1 cm³/mol. The molecule has 1 saturated heterocycles. The van der Waals surface area contributed by atoms with E-state index < -0.39 is 5.54 Å². The number of carbonyl (C=O) groups excluding carboxylic acids is 1. The molecule has 4 nitrogen and oxygen atoms in total. The van der Waals surface area contributed by atoms with E-state index in [9.17, 15) is 4.79 Å². The Hall–Kier alpha value is -0.260. The van der Waals surface area contributed by atoms with E-state index in [1.807, 2.05) is 0 Å². The van der Waals surface area contributed by atoms with Crippen molar-refractivity contribution in [1.82, 2.24) is 5.32 Å². The summed E-state index contributed by atoms with van der Waals surface area (Å²) >= 11 is 2.06. The molecular formula is C15H27NO3S. The number of ether oxygens (including phenoxy) is 2. The van der Waals surface area contributed by atoms with Crippen molar-refractivity contribution in [3.05, 3.63) is 0 Å². The maximum absolute atomic E-state index is 12.2. The zero-order chi connectivity index (χ0) is 14.6. The molecule has 116 valence electrons. The van der Waals surface area contributed by atoms with E-state index in [1.54, 1.807) is 0 Å². The summed E-state index contributed by atoms with van der Waals surface area (Å²) < 4.78 is 10.5. The van der Waals surface area contributed by atoms with Crippen LogP contribution in [-0.2, 0) is 14.3 Å². The van der Waals surface area contributed by atoms with Crippen LogP contribution in [0.15, 0.2) is 0 Å². The molecule has 0 aromatic rings. The number of methoxy groups -OCH3 is 1. The van der Waals surface area contributed by atoms with Crippen molar-refractivity contribution in [2.24, 2.45) is 0 Å². The third-order valence-corrected chi connectivity index (χ3v) is 5.81. The molecule has 1 heterocycles. The normalized spacial score (nSPS) is 31.7. The maximum Gasteiger partial charge on any atom is 0.326 e. The largest absolute Gasteiger partial charge is 0.468 e. The Morgan fingerprint density at radius 1 is 1.30 bits per heavy atom. The first-order valence-corrected chi connectivity index (χ1v) is 8.59. The fourth-order valence-electron chi connectivity index (χ4n) is 3.32. The number of thioether (sulfide) groups is 1. The molecule has 2 fully saturated rings. The van der Waals surface area contributed by atoms with Gasteiger partial charge < -0.3 is 9.47 Å². The molecular weight excluding hydrogens is 274 g/mol. The van der Waals surface area contributed by atoms with E-state index in [2.05, 4.69) is 30.9 Å². The van der Waals surface area contributed by atoms with Gasteiger partial charge in [-0.2, -0.15) is 11.8 Å². The van der Waals surface area contributed by atoms with Gasteiger partial charge in [-0.3, -0.25) is 10.1 Å². The number of nitrogens with one attached hydrogen (secondary N) is 1. The molecule has 0 spiro atoms. The lowest BCUT2D eigenvalue weighted by molar-refractivity contribution is -0.148. The van der Waals surface area contributed by atoms with Crippen LogP contribution in [0.1, 0.15) is 46.0 Å². The SMILES string of the molecule is COC(=O)C1(NC(C)C)CCC(SC2CCOCC2)C1. The van der Waals surface area contributed by atoms with Crippen LogP contribution in [-0.4, -0.2) is 48.4 Å². The van der Waals surface area contributed by atoms with Gasteiger partial charge in [0.2, 0.25) is 0 Å². The van der Waals surface area contributed by atoms with Crippen molar-refractivity contribution >= 4 is 17.7 Å². The zero-order valence-electron chi connectivity index (χ0n) is 12.8. The topological polar surface area (TPSA) is 47.6 Å². The molecule has 0 bridgehead atoms. The number of hydrogen-bond acceptors (Lipinski definition) is 5. The molecule has 2 aliphatic rings. The van der Waals surface area contributed by atoms with Gasteiger partial charge in [0.15, 0.2) is 0 Å². The van der Waals surface area contributed by atoms with E-state index in [0.717, 1.165) is 45.3 Å². The molecule has 0 radical (unpaired) electrons. The average Bonchev–Trinajstić information content (AvgIpc) is 2.82. The highest BCUT2D eigenvalue weighted by atomic mass is 32.2. The van der Waals surface area contributed by atoms with Gasteiger partial charge in [0.05, 0.1) is 7.11 Å². The molecule has 0 amide bonds. The van der Waals surface area contributed by atoms with Crippen LogP contribution in [0.4, 0.5) is 0 Å². The summed E-state index contributed by atoms with van der Waals surface area (Å²) in [4.78, 5) is 12.2. The maximum atomic E-state index is 12.2. The van der Waals surface area contributed by atoms with Crippen LogP contribution in [0.5, 0.6) is 0 Å². The van der Waals surface area contributed by atoms with E-state index in [-0.39, 0.29) is 5.97 Å². The summed E-state index contributed by atoms with van der Waals surface area (Å²) in [7, 11) is 1.49. The molecule has 1 N–H and O–H groups in total. The van der Waals surface area contributed by atoms with Crippen molar-refractivity contribution in [2.75, 3.05) is 20.3 Å². The lowest BCUT2D eigenvalue weighted by atomic mass is 9.96. The fourth-order valence-corrected chi connectivity index (χ4v) is 4.97. The lowest BCUT2D eigenvalue weighted by Crippen LogP contribution is -2.53. The van der Waals surface area contributed by atoms with Crippen molar-refractivity contribution in [3.63, 3.8) is 0 Å². The average molecular weight is 301 g/mol. The highest BCUT2D eigenvalue weighted by Gasteiger charge is 2.47. The Morgan fingerprint density at radius 3 is 2.60 bits per heavy atom. The summed E-state index contributed by atoms with van der Waals surface area (Å²) in [6.07, 6.45) is 5.16. The number of carbonyl (C=O) groups is 1. The van der Waals surface area contributed by atoms with Crippen LogP contribution in [0.3, 0.4) is 0 Å². The van der Waals surface area contributed by atoms with Gasteiger partial charge in [-0.15, -0.1) is 0 Å². The minimum absolute atomic E-state index is 0.0960. The van der Waals surface area contributed by atoms with Gasteiger partial charge in [-0.25, -0.2) is 0 Å². The van der Waals surface area contributed by atoms with E-state index >= 15 is 0 Å². The molecule has 0 aromatic heterocycles. The number of esters is 1. The van der Waals surface area contributed by atoms with Crippen LogP contribution in [0.2, 0.25) is 0 Å². The number of hydrogen-bond donors (Lipinski definition) is 1. The summed E-state index contributed by atoms with van der Waals surface area (Å²) in [6.45, 7) is 5.95. The molecule has 1 aliphatic heterocycles. The Labute approximate surface area is 126 Å². The third kappa shape index (κ3) is 3.89. The van der Waals surface area contributed by atoms with Gasteiger partial charge in [0.25, 0.3) is 0 Å². The second kappa shape index (κ2) is 7.14. The van der Waals surface area contributed by atoms with E-state index in [0.29, 0.717) is 16.5 Å². The molecule has 20 heavy (non-hydrogen) atoms. The molecule has 2 atom stereocenters. The van der Waals surface area contributed by atoms with Gasteiger partial charge in [0, 0.05) is 29.8 Å². The Balaban J connectivity index is 1.93. The van der Waals surface area contributed by atoms with Gasteiger partial charge in [0.1, 0.15) is 5.54 Å². The molecule has 2 rings (SSSR count). The molecule has 2 unspecified atom stereocenters. The van der Waals surface area contributed by atoms with E-state index in [1.165, 1.54) is 7.11 Å². The third-order valence-electron chi connectivity index (χ3n) is 4.16. The minimum Gasteiger partial charge on any atom is -0.468 e. The first-order valence-electron chi connectivity index (χ1n) is 7.65. The summed E-state index contributed by atoms with van der Waals surface area (Å²) in [5.41, 5.74) is -0.467. The number of rotatable bonds is 5. The zero-order valence-corrected chi connectivity index (χ0v) is 13.6. The smallest absolute Gasteiger partial charge is 0.326 e.